The number of ether oxygens (including phenoxy) is 3. The van der Waals surface area contributed by atoms with Gasteiger partial charge in [0.05, 0.1) is 0 Å². The van der Waals surface area contributed by atoms with Gasteiger partial charge in [0.25, 0.3) is 0 Å². The van der Waals surface area contributed by atoms with Crippen LogP contribution in [0.15, 0.2) is 36.5 Å². The first-order chi connectivity index (χ1) is 34.0. The average Bonchev–Trinajstić information content (AvgIpc) is 3.35. The molecule has 0 heterocycles. The van der Waals surface area contributed by atoms with Gasteiger partial charge in [-0.3, -0.25) is 14.4 Å². The molecule has 0 aromatic carbocycles. The fourth-order valence-corrected chi connectivity index (χ4v) is 9.02. The molecule has 404 valence electrons. The van der Waals surface area contributed by atoms with Crippen LogP contribution in [-0.4, -0.2) is 37.2 Å². The second-order valence-electron chi connectivity index (χ2n) is 20.6. The Hall–Kier alpha value is -2.37. The fraction of sp³-hybridized carbons (Fsp3) is 0.857. The maximum atomic E-state index is 12.9. The fourth-order valence-electron chi connectivity index (χ4n) is 9.02. The molecule has 0 aliphatic rings. The zero-order valence-corrected chi connectivity index (χ0v) is 46.3. The van der Waals surface area contributed by atoms with Gasteiger partial charge in [-0.1, -0.05) is 282 Å². The topological polar surface area (TPSA) is 78.9 Å². The maximum Gasteiger partial charge on any atom is 0.306 e. The van der Waals surface area contributed by atoms with Crippen LogP contribution >= 0.6 is 0 Å². The van der Waals surface area contributed by atoms with Crippen molar-refractivity contribution in [3.8, 4) is 0 Å². The highest BCUT2D eigenvalue weighted by molar-refractivity contribution is 5.71. The lowest BCUT2D eigenvalue weighted by atomic mass is 10.0. The molecule has 0 aromatic rings. The number of esters is 3. The summed E-state index contributed by atoms with van der Waals surface area (Å²) >= 11 is 0. The van der Waals surface area contributed by atoms with E-state index in [2.05, 4.69) is 51.2 Å². The van der Waals surface area contributed by atoms with Crippen molar-refractivity contribution in [2.45, 2.75) is 335 Å². The van der Waals surface area contributed by atoms with Gasteiger partial charge in [-0.25, -0.2) is 0 Å². The van der Waals surface area contributed by atoms with Crippen molar-refractivity contribution in [2.24, 2.45) is 0 Å². The van der Waals surface area contributed by atoms with Crippen LogP contribution in [0.25, 0.3) is 0 Å². The molecular weight excluding hydrogens is 853 g/mol. The smallest absolute Gasteiger partial charge is 0.306 e. The summed E-state index contributed by atoms with van der Waals surface area (Å²) in [5.74, 6) is -0.942. The van der Waals surface area contributed by atoms with Crippen LogP contribution < -0.4 is 0 Å². The number of rotatable bonds is 56. The lowest BCUT2D eigenvalue weighted by Gasteiger charge is -2.18. The highest BCUT2D eigenvalue weighted by Crippen LogP contribution is 2.17. The molecule has 69 heavy (non-hydrogen) atoms. The van der Waals surface area contributed by atoms with Crippen molar-refractivity contribution >= 4 is 17.9 Å². The SMILES string of the molecule is CCCCCCCC/C=C/C/C=C/CCC(=O)OCC(COC(=O)CCCCCCCCC/C=C/CCCCCCCCCC)OC(=O)CCCCCCCCCCCCCCCCCCCCC. The minimum absolute atomic E-state index is 0.0877. The lowest BCUT2D eigenvalue weighted by molar-refractivity contribution is -0.166. The zero-order chi connectivity index (χ0) is 50.0. The first-order valence-electron chi connectivity index (χ1n) is 30.5. The second kappa shape index (κ2) is 58.2. The third kappa shape index (κ3) is 56.4. The van der Waals surface area contributed by atoms with E-state index in [-0.39, 0.29) is 37.5 Å². The number of hydrogen-bond donors (Lipinski definition) is 0. The van der Waals surface area contributed by atoms with E-state index in [4.69, 9.17) is 14.2 Å². The van der Waals surface area contributed by atoms with Gasteiger partial charge in [0.15, 0.2) is 6.10 Å². The van der Waals surface area contributed by atoms with Gasteiger partial charge >= 0.3 is 17.9 Å². The third-order valence-corrected chi connectivity index (χ3v) is 13.6. The van der Waals surface area contributed by atoms with Crippen LogP contribution in [0.1, 0.15) is 329 Å². The van der Waals surface area contributed by atoms with Crippen LogP contribution in [0, 0.1) is 0 Å². The van der Waals surface area contributed by atoms with Crippen LogP contribution in [0.4, 0.5) is 0 Å². The van der Waals surface area contributed by atoms with Gasteiger partial charge in [0.2, 0.25) is 0 Å². The second-order valence-corrected chi connectivity index (χ2v) is 20.6. The van der Waals surface area contributed by atoms with Crippen molar-refractivity contribution in [1.29, 1.82) is 0 Å². The Morgan fingerprint density at radius 1 is 0.290 bits per heavy atom. The molecule has 0 bridgehead atoms. The standard InChI is InChI=1S/C63H116O6/c1-4-7-10-13-16-19-22-25-27-29-31-33-35-38-41-44-47-50-53-56-62(65)68-59-60(58-67-61(64)55-52-49-46-43-40-37-24-21-18-15-12-9-6-3)69-63(66)57-54-51-48-45-42-39-36-34-32-30-28-26-23-20-17-14-11-8-5-2/h29,31,37,40,46,49,60H,4-28,30,32-36,38-39,41-45,47-48,50-59H2,1-3H3/b31-29+,40-37+,49-46+. The highest BCUT2D eigenvalue weighted by Gasteiger charge is 2.19. The molecule has 0 radical (unpaired) electrons. The Bertz CT molecular complexity index is 1160. The molecule has 0 spiro atoms. The van der Waals surface area contributed by atoms with E-state index in [0.29, 0.717) is 19.3 Å². The highest BCUT2D eigenvalue weighted by atomic mass is 16.6. The minimum Gasteiger partial charge on any atom is -0.462 e. The lowest BCUT2D eigenvalue weighted by Crippen LogP contribution is -2.30. The summed E-state index contributed by atoms with van der Waals surface area (Å²) < 4.78 is 16.8. The van der Waals surface area contributed by atoms with Crippen molar-refractivity contribution in [3.63, 3.8) is 0 Å². The molecule has 0 rings (SSSR count). The molecule has 1 atom stereocenters. The molecule has 0 N–H and O–H groups in total. The molecule has 0 fully saturated rings. The summed E-state index contributed by atoms with van der Waals surface area (Å²) in [6.07, 6.45) is 70.2. The molecular formula is C63H116O6. The van der Waals surface area contributed by atoms with Gasteiger partial charge < -0.3 is 14.2 Å². The Morgan fingerprint density at radius 2 is 0.551 bits per heavy atom. The van der Waals surface area contributed by atoms with Crippen molar-refractivity contribution < 1.29 is 28.6 Å². The van der Waals surface area contributed by atoms with E-state index in [0.717, 1.165) is 51.4 Å². The molecule has 0 aromatic heterocycles. The normalized spacial score (nSPS) is 12.2. The van der Waals surface area contributed by atoms with Crippen LogP contribution in [-0.2, 0) is 28.6 Å². The van der Waals surface area contributed by atoms with E-state index < -0.39 is 6.10 Å². The molecule has 6 heteroatoms. The van der Waals surface area contributed by atoms with Crippen molar-refractivity contribution in [3.05, 3.63) is 36.5 Å². The quantitative estimate of drug-likeness (QED) is 0.0261. The summed E-state index contributed by atoms with van der Waals surface area (Å²) in [6, 6.07) is 0. The largest absolute Gasteiger partial charge is 0.462 e. The first kappa shape index (κ1) is 66.6. The zero-order valence-electron chi connectivity index (χ0n) is 46.3. The van der Waals surface area contributed by atoms with Crippen LogP contribution in [0.3, 0.4) is 0 Å². The van der Waals surface area contributed by atoms with E-state index >= 15 is 0 Å². The molecule has 0 aliphatic heterocycles. The third-order valence-electron chi connectivity index (χ3n) is 13.6. The van der Waals surface area contributed by atoms with Crippen LogP contribution in [0.2, 0.25) is 0 Å². The maximum absolute atomic E-state index is 12.9. The van der Waals surface area contributed by atoms with Gasteiger partial charge in [-0.05, 0) is 64.2 Å². The predicted octanol–water partition coefficient (Wildman–Crippen LogP) is 20.4. The van der Waals surface area contributed by atoms with E-state index in [1.165, 1.54) is 231 Å². The number of unbranched alkanes of at least 4 members (excludes halogenated alkanes) is 39. The number of hydrogen-bond acceptors (Lipinski definition) is 6. The molecule has 6 nitrogen and oxygen atoms in total. The van der Waals surface area contributed by atoms with Gasteiger partial charge in [-0.15, -0.1) is 0 Å². The Balaban J connectivity index is 4.35. The van der Waals surface area contributed by atoms with Gasteiger partial charge in [0.1, 0.15) is 13.2 Å². The molecule has 0 aliphatic carbocycles. The molecule has 1 unspecified atom stereocenters. The summed E-state index contributed by atoms with van der Waals surface area (Å²) in [4.78, 5) is 38.2. The van der Waals surface area contributed by atoms with E-state index in [9.17, 15) is 14.4 Å². The monoisotopic (exact) mass is 969 g/mol. The molecule has 0 amide bonds. The predicted molar refractivity (Wildman–Crippen MR) is 298 cm³/mol. The van der Waals surface area contributed by atoms with Gasteiger partial charge in [-0.2, -0.15) is 0 Å². The molecule has 0 saturated carbocycles. The number of allylic oxidation sites excluding steroid dienone is 6. The average molecular weight is 970 g/mol. The summed E-state index contributed by atoms with van der Waals surface area (Å²) in [6.45, 7) is 6.63. The van der Waals surface area contributed by atoms with Crippen molar-refractivity contribution in [1.82, 2.24) is 0 Å². The summed E-state index contributed by atoms with van der Waals surface area (Å²) in [5.41, 5.74) is 0. The number of carbonyl (C=O) groups is 3. The van der Waals surface area contributed by atoms with Gasteiger partial charge in [0, 0.05) is 19.3 Å². The van der Waals surface area contributed by atoms with E-state index in [1.807, 2.05) is 6.08 Å². The molecule has 0 saturated heterocycles. The Morgan fingerprint density at radius 3 is 0.899 bits per heavy atom. The first-order valence-corrected chi connectivity index (χ1v) is 30.5. The van der Waals surface area contributed by atoms with Crippen molar-refractivity contribution in [2.75, 3.05) is 13.2 Å². The Kier molecular flexibility index (Phi) is 56.2. The minimum atomic E-state index is -0.794. The Labute approximate surface area is 429 Å². The van der Waals surface area contributed by atoms with E-state index in [1.54, 1.807) is 0 Å². The summed E-state index contributed by atoms with van der Waals surface area (Å²) in [7, 11) is 0. The number of carbonyl (C=O) groups excluding carboxylic acids is 3. The summed E-state index contributed by atoms with van der Waals surface area (Å²) in [5, 5.41) is 0. The van der Waals surface area contributed by atoms with Crippen LogP contribution in [0.5, 0.6) is 0 Å².